The average Bonchev–Trinajstić information content (AvgIpc) is 2.38. The lowest BCUT2D eigenvalue weighted by molar-refractivity contribution is 0.0594. The molecule has 1 aromatic heterocycles. The van der Waals surface area contributed by atoms with Gasteiger partial charge in [-0.05, 0) is 23.8 Å². The normalized spacial score (nSPS) is 10.0. The maximum absolute atomic E-state index is 11.2. The van der Waals surface area contributed by atoms with Gasteiger partial charge in [-0.2, -0.15) is 0 Å². The van der Waals surface area contributed by atoms with Crippen molar-refractivity contribution in [3.63, 3.8) is 0 Å². The van der Waals surface area contributed by atoms with Gasteiger partial charge in [0.2, 0.25) is 0 Å². The van der Waals surface area contributed by atoms with Gasteiger partial charge >= 0.3 is 5.97 Å². The number of carbonyl (C=O) groups excluding carboxylic acids is 1. The zero-order valence-electron chi connectivity index (χ0n) is 9.18. The van der Waals surface area contributed by atoms with Gasteiger partial charge < -0.3 is 4.74 Å². The number of aromatic nitrogens is 1. The second-order valence-corrected chi connectivity index (χ2v) is 3.87. The molecule has 0 saturated heterocycles. The molecular weight excluding hydrogens is 238 g/mol. The van der Waals surface area contributed by atoms with Crippen LogP contribution in [-0.4, -0.2) is 18.1 Å². The summed E-state index contributed by atoms with van der Waals surface area (Å²) in [5.74, 6) is -0.442. The molecule has 0 fully saturated rings. The molecule has 0 aliphatic rings. The Morgan fingerprint density at radius 3 is 2.65 bits per heavy atom. The first-order valence-electron chi connectivity index (χ1n) is 5.01. The molecule has 0 radical (unpaired) electrons. The number of hydrogen-bond acceptors (Lipinski definition) is 3. The largest absolute Gasteiger partial charge is 0.464 e. The Kier molecular flexibility index (Phi) is 3.40. The second kappa shape index (κ2) is 4.97. The summed E-state index contributed by atoms with van der Waals surface area (Å²) in [6, 6.07) is 10.9. The molecule has 0 N–H and O–H groups in total. The lowest BCUT2D eigenvalue weighted by atomic mass is 10.1. The molecule has 0 spiro atoms. The van der Waals surface area contributed by atoms with Crippen LogP contribution < -0.4 is 0 Å². The molecule has 0 amide bonds. The molecule has 0 saturated carbocycles. The number of rotatable bonds is 2. The Balaban J connectivity index is 2.32. The zero-order chi connectivity index (χ0) is 12.3. The summed E-state index contributed by atoms with van der Waals surface area (Å²) in [7, 11) is 1.33. The molecule has 0 aliphatic heterocycles. The molecule has 0 bridgehead atoms. The van der Waals surface area contributed by atoms with Gasteiger partial charge in [-0.1, -0.05) is 29.8 Å². The number of benzene rings is 1. The van der Waals surface area contributed by atoms with Crippen LogP contribution in [0.25, 0.3) is 11.1 Å². The van der Waals surface area contributed by atoms with Gasteiger partial charge in [0, 0.05) is 16.8 Å². The second-order valence-electron chi connectivity index (χ2n) is 3.43. The van der Waals surface area contributed by atoms with Gasteiger partial charge in [0.1, 0.15) is 5.69 Å². The minimum Gasteiger partial charge on any atom is -0.464 e. The van der Waals surface area contributed by atoms with Gasteiger partial charge in [0.05, 0.1) is 7.11 Å². The van der Waals surface area contributed by atoms with E-state index in [2.05, 4.69) is 9.72 Å². The Morgan fingerprint density at radius 1 is 1.24 bits per heavy atom. The molecular formula is C13H10ClNO2. The topological polar surface area (TPSA) is 39.2 Å². The molecule has 4 heteroatoms. The summed E-state index contributed by atoms with van der Waals surface area (Å²) in [4.78, 5) is 15.2. The van der Waals surface area contributed by atoms with Crippen LogP contribution in [0.5, 0.6) is 0 Å². The highest BCUT2D eigenvalue weighted by atomic mass is 35.5. The van der Waals surface area contributed by atoms with Gasteiger partial charge in [-0.25, -0.2) is 9.78 Å². The van der Waals surface area contributed by atoms with Crippen LogP contribution in [0.2, 0.25) is 5.02 Å². The highest BCUT2D eigenvalue weighted by Crippen LogP contribution is 2.22. The van der Waals surface area contributed by atoms with Crippen LogP contribution in [0.15, 0.2) is 42.6 Å². The third kappa shape index (κ3) is 2.63. The minimum atomic E-state index is -0.442. The van der Waals surface area contributed by atoms with Crippen molar-refractivity contribution in [2.24, 2.45) is 0 Å². The third-order valence-electron chi connectivity index (χ3n) is 2.32. The number of carbonyl (C=O) groups is 1. The molecule has 86 valence electrons. The SMILES string of the molecule is COC(=O)c1ccc(-c2cccc(Cl)c2)cn1. The van der Waals surface area contributed by atoms with Crippen molar-refractivity contribution in [1.29, 1.82) is 0 Å². The van der Waals surface area contributed by atoms with Crippen LogP contribution in [0.4, 0.5) is 0 Å². The Hall–Kier alpha value is -1.87. The van der Waals surface area contributed by atoms with Gasteiger partial charge in [0.15, 0.2) is 0 Å². The van der Waals surface area contributed by atoms with Crippen LogP contribution >= 0.6 is 11.6 Å². The predicted octanol–water partition coefficient (Wildman–Crippen LogP) is 3.19. The van der Waals surface area contributed by atoms with Crippen molar-refractivity contribution in [2.45, 2.75) is 0 Å². The lowest BCUT2D eigenvalue weighted by Gasteiger charge is -2.03. The molecule has 2 rings (SSSR count). The van der Waals surface area contributed by atoms with Crippen molar-refractivity contribution in [3.05, 3.63) is 53.3 Å². The fourth-order valence-electron chi connectivity index (χ4n) is 1.46. The quantitative estimate of drug-likeness (QED) is 0.765. The van der Waals surface area contributed by atoms with Gasteiger partial charge in [-0.15, -0.1) is 0 Å². The van der Waals surface area contributed by atoms with E-state index < -0.39 is 5.97 Å². The fourth-order valence-corrected chi connectivity index (χ4v) is 1.65. The predicted molar refractivity (Wildman–Crippen MR) is 66.0 cm³/mol. The highest BCUT2D eigenvalue weighted by molar-refractivity contribution is 6.30. The number of ether oxygens (including phenoxy) is 1. The Labute approximate surface area is 104 Å². The molecule has 0 unspecified atom stereocenters. The van der Waals surface area contributed by atoms with Crippen molar-refractivity contribution in [3.8, 4) is 11.1 Å². The molecule has 0 aliphatic carbocycles. The number of nitrogens with zero attached hydrogens (tertiary/aromatic N) is 1. The van der Waals surface area contributed by atoms with E-state index in [0.717, 1.165) is 11.1 Å². The first kappa shape index (κ1) is 11.6. The number of pyridine rings is 1. The maximum Gasteiger partial charge on any atom is 0.356 e. The number of halogens is 1. The summed E-state index contributed by atoms with van der Waals surface area (Å²) in [6.07, 6.45) is 1.62. The summed E-state index contributed by atoms with van der Waals surface area (Å²) in [5, 5.41) is 0.666. The lowest BCUT2D eigenvalue weighted by Crippen LogP contribution is -2.03. The summed E-state index contributed by atoms with van der Waals surface area (Å²) < 4.78 is 4.58. The molecule has 0 atom stereocenters. The number of hydrogen-bond donors (Lipinski definition) is 0. The first-order chi connectivity index (χ1) is 8.20. The smallest absolute Gasteiger partial charge is 0.356 e. The third-order valence-corrected chi connectivity index (χ3v) is 2.55. The van der Waals surface area contributed by atoms with E-state index in [1.807, 2.05) is 24.3 Å². The standard InChI is InChI=1S/C13H10ClNO2/c1-17-13(16)12-6-5-10(8-15-12)9-3-2-4-11(14)7-9/h2-8H,1H3. The van der Waals surface area contributed by atoms with Crippen LogP contribution in [0.1, 0.15) is 10.5 Å². The zero-order valence-corrected chi connectivity index (χ0v) is 9.94. The van der Waals surface area contributed by atoms with Crippen molar-refractivity contribution in [2.75, 3.05) is 7.11 Å². The molecule has 3 nitrogen and oxygen atoms in total. The van der Waals surface area contributed by atoms with Crippen LogP contribution in [0, 0.1) is 0 Å². The van der Waals surface area contributed by atoms with E-state index in [1.165, 1.54) is 7.11 Å². The Bertz CT molecular complexity index is 537. The summed E-state index contributed by atoms with van der Waals surface area (Å²) in [6.45, 7) is 0. The number of esters is 1. The maximum atomic E-state index is 11.2. The van der Waals surface area contributed by atoms with Crippen LogP contribution in [-0.2, 0) is 4.74 Å². The monoisotopic (exact) mass is 247 g/mol. The highest BCUT2D eigenvalue weighted by Gasteiger charge is 2.06. The Morgan fingerprint density at radius 2 is 2.06 bits per heavy atom. The minimum absolute atomic E-state index is 0.290. The van der Waals surface area contributed by atoms with Gasteiger partial charge in [-0.3, -0.25) is 0 Å². The van der Waals surface area contributed by atoms with Crippen molar-refractivity contribution in [1.82, 2.24) is 4.98 Å². The first-order valence-corrected chi connectivity index (χ1v) is 5.39. The number of methoxy groups -OCH3 is 1. The van der Waals surface area contributed by atoms with E-state index in [9.17, 15) is 4.79 Å². The van der Waals surface area contributed by atoms with E-state index in [4.69, 9.17) is 11.6 Å². The average molecular weight is 248 g/mol. The molecule has 1 heterocycles. The van der Waals surface area contributed by atoms with E-state index in [0.29, 0.717) is 10.7 Å². The molecule has 17 heavy (non-hydrogen) atoms. The fraction of sp³-hybridized carbons (Fsp3) is 0.0769. The molecule has 2 aromatic rings. The van der Waals surface area contributed by atoms with Gasteiger partial charge in [0.25, 0.3) is 0 Å². The molecule has 1 aromatic carbocycles. The van der Waals surface area contributed by atoms with Crippen LogP contribution in [0.3, 0.4) is 0 Å². The van der Waals surface area contributed by atoms with E-state index >= 15 is 0 Å². The summed E-state index contributed by atoms with van der Waals surface area (Å²) >= 11 is 5.90. The summed E-state index contributed by atoms with van der Waals surface area (Å²) in [5.41, 5.74) is 2.15. The van der Waals surface area contributed by atoms with E-state index in [1.54, 1.807) is 18.3 Å². The van der Waals surface area contributed by atoms with E-state index in [-0.39, 0.29) is 0 Å². The van der Waals surface area contributed by atoms with Crippen molar-refractivity contribution >= 4 is 17.6 Å². The van der Waals surface area contributed by atoms with Crippen molar-refractivity contribution < 1.29 is 9.53 Å².